The molecule has 1 aliphatic heterocycles. The minimum Gasteiger partial charge on any atom is -0.478 e. The van der Waals surface area contributed by atoms with Crippen LogP contribution in [0.2, 0.25) is 5.02 Å². The maximum absolute atomic E-state index is 11.4. The highest BCUT2D eigenvalue weighted by Gasteiger charge is 2.26. The monoisotopic (exact) mass is 225 g/mol. The summed E-state index contributed by atoms with van der Waals surface area (Å²) in [5.41, 5.74) is 1.43. The standard InChI is InChI=1S/C10H8ClNO3/c1-12-8-4-6(10(14)15)7(11)2-5(8)3-9(12)13/h2,4H,3H2,1H3,(H,14,15). The van der Waals surface area contributed by atoms with Crippen molar-refractivity contribution in [2.45, 2.75) is 6.42 Å². The smallest absolute Gasteiger partial charge is 0.337 e. The fourth-order valence-electron chi connectivity index (χ4n) is 1.64. The molecule has 1 aliphatic rings. The van der Waals surface area contributed by atoms with Gasteiger partial charge in [-0.05, 0) is 17.7 Å². The minimum absolute atomic E-state index is 0.0250. The summed E-state index contributed by atoms with van der Waals surface area (Å²) < 4.78 is 0. The molecule has 4 nitrogen and oxygen atoms in total. The highest BCUT2D eigenvalue weighted by molar-refractivity contribution is 6.34. The maximum atomic E-state index is 11.4. The van der Waals surface area contributed by atoms with Crippen molar-refractivity contribution in [1.82, 2.24) is 0 Å². The number of carbonyl (C=O) groups excluding carboxylic acids is 1. The Kier molecular flexibility index (Phi) is 2.16. The van der Waals surface area contributed by atoms with Crippen LogP contribution in [0.3, 0.4) is 0 Å². The molecular formula is C10H8ClNO3. The van der Waals surface area contributed by atoms with E-state index in [0.717, 1.165) is 5.56 Å². The average Bonchev–Trinajstić information content (AvgIpc) is 2.41. The molecule has 0 atom stereocenters. The highest BCUT2D eigenvalue weighted by Crippen LogP contribution is 2.32. The molecule has 1 N–H and O–H groups in total. The van der Waals surface area contributed by atoms with Crippen LogP contribution in [0.1, 0.15) is 15.9 Å². The molecule has 0 unspecified atom stereocenters. The zero-order valence-electron chi connectivity index (χ0n) is 7.95. The fourth-order valence-corrected chi connectivity index (χ4v) is 1.90. The van der Waals surface area contributed by atoms with Gasteiger partial charge >= 0.3 is 5.97 Å². The molecule has 1 amide bonds. The molecule has 78 valence electrons. The first-order chi connectivity index (χ1) is 7.00. The van der Waals surface area contributed by atoms with E-state index in [-0.39, 0.29) is 22.9 Å². The Balaban J connectivity index is 2.60. The van der Waals surface area contributed by atoms with Crippen molar-refractivity contribution in [3.8, 4) is 0 Å². The van der Waals surface area contributed by atoms with Crippen LogP contribution >= 0.6 is 11.6 Å². The lowest BCUT2D eigenvalue weighted by Crippen LogP contribution is -2.20. The van der Waals surface area contributed by atoms with E-state index in [1.54, 1.807) is 13.1 Å². The van der Waals surface area contributed by atoms with Crippen molar-refractivity contribution in [3.05, 3.63) is 28.3 Å². The molecule has 5 heteroatoms. The summed E-state index contributed by atoms with van der Waals surface area (Å²) in [7, 11) is 1.62. The molecule has 0 aliphatic carbocycles. The van der Waals surface area contributed by atoms with E-state index >= 15 is 0 Å². The number of hydrogen-bond donors (Lipinski definition) is 1. The van der Waals surface area contributed by atoms with Gasteiger partial charge in [0.15, 0.2) is 0 Å². The lowest BCUT2D eigenvalue weighted by atomic mass is 10.1. The highest BCUT2D eigenvalue weighted by atomic mass is 35.5. The Labute approximate surface area is 91.1 Å². The summed E-state index contributed by atoms with van der Waals surface area (Å²) in [4.78, 5) is 23.6. The van der Waals surface area contributed by atoms with Gasteiger partial charge in [-0.25, -0.2) is 4.79 Å². The lowest BCUT2D eigenvalue weighted by molar-refractivity contribution is -0.117. The van der Waals surface area contributed by atoms with Gasteiger partial charge in [0, 0.05) is 12.7 Å². The van der Waals surface area contributed by atoms with Gasteiger partial charge in [-0.2, -0.15) is 0 Å². The second-order valence-electron chi connectivity index (χ2n) is 3.40. The number of carboxylic acids is 1. The molecule has 0 aromatic heterocycles. The number of amides is 1. The van der Waals surface area contributed by atoms with Crippen molar-refractivity contribution >= 4 is 29.2 Å². The van der Waals surface area contributed by atoms with E-state index in [4.69, 9.17) is 16.7 Å². The van der Waals surface area contributed by atoms with Gasteiger partial charge in [-0.3, -0.25) is 4.79 Å². The van der Waals surface area contributed by atoms with Crippen molar-refractivity contribution in [1.29, 1.82) is 0 Å². The number of likely N-dealkylation sites (N-methyl/N-ethyl adjacent to an activating group) is 1. The van der Waals surface area contributed by atoms with Crippen molar-refractivity contribution in [3.63, 3.8) is 0 Å². The van der Waals surface area contributed by atoms with Crippen LogP contribution in [0.4, 0.5) is 5.69 Å². The first kappa shape index (κ1) is 9.98. The van der Waals surface area contributed by atoms with E-state index in [2.05, 4.69) is 0 Å². The van der Waals surface area contributed by atoms with E-state index < -0.39 is 5.97 Å². The summed E-state index contributed by atoms with van der Waals surface area (Å²) in [5.74, 6) is -1.14. The Morgan fingerprint density at radius 3 is 2.80 bits per heavy atom. The zero-order chi connectivity index (χ0) is 11.2. The van der Waals surface area contributed by atoms with Crippen molar-refractivity contribution in [2.75, 3.05) is 11.9 Å². The van der Waals surface area contributed by atoms with Crippen LogP contribution < -0.4 is 4.90 Å². The number of benzene rings is 1. The second-order valence-corrected chi connectivity index (χ2v) is 3.80. The molecule has 0 radical (unpaired) electrons. The Hall–Kier alpha value is -1.55. The summed E-state index contributed by atoms with van der Waals surface area (Å²) in [6.07, 6.45) is 0.283. The van der Waals surface area contributed by atoms with Gasteiger partial charge in [-0.15, -0.1) is 0 Å². The Morgan fingerprint density at radius 1 is 1.53 bits per heavy atom. The summed E-state index contributed by atoms with van der Waals surface area (Å²) in [5, 5.41) is 9.03. The number of fused-ring (bicyclic) bond motifs is 1. The van der Waals surface area contributed by atoms with Gasteiger partial charge in [0.1, 0.15) is 0 Å². The van der Waals surface area contributed by atoms with Crippen molar-refractivity contribution < 1.29 is 14.7 Å². The second kappa shape index (κ2) is 3.24. The maximum Gasteiger partial charge on any atom is 0.337 e. The molecule has 0 spiro atoms. The van der Waals surface area contributed by atoms with Crippen LogP contribution in [0.5, 0.6) is 0 Å². The number of halogens is 1. The Bertz CT molecular complexity index is 470. The number of hydrogen-bond acceptors (Lipinski definition) is 2. The Morgan fingerprint density at radius 2 is 2.20 bits per heavy atom. The van der Waals surface area contributed by atoms with Gasteiger partial charge in [0.2, 0.25) is 5.91 Å². The zero-order valence-corrected chi connectivity index (χ0v) is 8.71. The molecule has 15 heavy (non-hydrogen) atoms. The van der Waals surface area contributed by atoms with Crippen LogP contribution in [0, 0.1) is 0 Å². The topological polar surface area (TPSA) is 57.6 Å². The van der Waals surface area contributed by atoms with Crippen LogP contribution in [0.15, 0.2) is 12.1 Å². The SMILES string of the molecule is CN1C(=O)Cc2cc(Cl)c(C(=O)O)cc21. The van der Waals surface area contributed by atoms with E-state index in [1.165, 1.54) is 11.0 Å². The number of anilines is 1. The lowest BCUT2D eigenvalue weighted by Gasteiger charge is -2.10. The molecule has 0 saturated carbocycles. The average molecular weight is 226 g/mol. The third-order valence-electron chi connectivity index (χ3n) is 2.48. The van der Waals surface area contributed by atoms with Crippen molar-refractivity contribution in [2.24, 2.45) is 0 Å². The van der Waals surface area contributed by atoms with Gasteiger partial charge < -0.3 is 10.0 Å². The number of carboxylic acid groups (broad SMARTS) is 1. The number of rotatable bonds is 1. The van der Waals surface area contributed by atoms with E-state index in [9.17, 15) is 9.59 Å². The summed E-state index contributed by atoms with van der Waals surface area (Å²) >= 11 is 5.79. The van der Waals surface area contributed by atoms with Gasteiger partial charge in [0.25, 0.3) is 0 Å². The van der Waals surface area contributed by atoms with E-state index in [1.807, 2.05) is 0 Å². The normalized spacial score (nSPS) is 14.3. The van der Waals surface area contributed by atoms with Gasteiger partial charge in [0.05, 0.1) is 17.0 Å². The molecular weight excluding hydrogens is 218 g/mol. The molecule has 1 aromatic carbocycles. The van der Waals surface area contributed by atoms with Crippen LogP contribution in [-0.4, -0.2) is 24.0 Å². The predicted octanol–water partition coefficient (Wildman–Crippen LogP) is 1.56. The molecule has 1 heterocycles. The number of aromatic carboxylic acids is 1. The van der Waals surface area contributed by atoms with Gasteiger partial charge in [-0.1, -0.05) is 11.6 Å². The minimum atomic E-state index is -1.09. The van der Waals surface area contributed by atoms with E-state index in [0.29, 0.717) is 5.69 Å². The third kappa shape index (κ3) is 1.47. The summed E-state index contributed by atoms with van der Waals surface area (Å²) in [6, 6.07) is 2.98. The predicted molar refractivity (Wildman–Crippen MR) is 55.5 cm³/mol. The fraction of sp³-hybridized carbons (Fsp3) is 0.200. The third-order valence-corrected chi connectivity index (χ3v) is 2.79. The summed E-state index contributed by atoms with van der Waals surface area (Å²) in [6.45, 7) is 0. The molecule has 0 saturated heterocycles. The number of nitrogens with zero attached hydrogens (tertiary/aromatic N) is 1. The first-order valence-corrected chi connectivity index (χ1v) is 4.71. The molecule has 2 rings (SSSR count). The first-order valence-electron chi connectivity index (χ1n) is 4.33. The van der Waals surface area contributed by atoms with Crippen LogP contribution in [0.25, 0.3) is 0 Å². The molecule has 0 fully saturated rings. The largest absolute Gasteiger partial charge is 0.478 e. The number of carbonyl (C=O) groups is 2. The molecule has 1 aromatic rings. The quantitative estimate of drug-likeness (QED) is 0.789. The van der Waals surface area contributed by atoms with Crippen LogP contribution in [-0.2, 0) is 11.2 Å². The molecule has 0 bridgehead atoms.